The molecule has 0 saturated carbocycles. The van der Waals surface area contributed by atoms with Gasteiger partial charge in [-0.3, -0.25) is 14.4 Å². The van der Waals surface area contributed by atoms with E-state index in [0.717, 1.165) is 27.2 Å². The number of ether oxygens (including phenoxy) is 1. The lowest BCUT2D eigenvalue weighted by atomic mass is 10.0. The van der Waals surface area contributed by atoms with E-state index < -0.39 is 0 Å². The van der Waals surface area contributed by atoms with E-state index in [2.05, 4.69) is 20.9 Å². The fraction of sp³-hybridized carbons (Fsp3) is 0.273. The first-order valence-corrected chi connectivity index (χ1v) is 10.8. The van der Waals surface area contributed by atoms with Gasteiger partial charge in [-0.25, -0.2) is 4.98 Å². The third kappa shape index (κ3) is 5.37. The zero-order valence-electron chi connectivity index (χ0n) is 17.0. The zero-order valence-corrected chi connectivity index (χ0v) is 17.8. The van der Waals surface area contributed by atoms with Crippen molar-refractivity contribution < 1.29 is 19.1 Å². The van der Waals surface area contributed by atoms with Gasteiger partial charge in [-0.05, 0) is 54.8 Å². The van der Waals surface area contributed by atoms with Crippen LogP contribution >= 0.6 is 11.3 Å². The number of carbonyl (C=O) groups excluding carboxylic acids is 3. The van der Waals surface area contributed by atoms with Crippen LogP contribution in [0.15, 0.2) is 36.4 Å². The summed E-state index contributed by atoms with van der Waals surface area (Å²) in [4.78, 5) is 39.3. The van der Waals surface area contributed by atoms with Gasteiger partial charge < -0.3 is 20.7 Å². The first-order valence-electron chi connectivity index (χ1n) is 10.00. The maximum Gasteiger partial charge on any atom is 0.226 e. The van der Waals surface area contributed by atoms with Crippen LogP contribution in [-0.4, -0.2) is 29.3 Å². The minimum absolute atomic E-state index is 0.0356. The van der Waals surface area contributed by atoms with Gasteiger partial charge in [-0.15, -0.1) is 0 Å². The van der Waals surface area contributed by atoms with Crippen molar-refractivity contribution in [3.63, 3.8) is 0 Å². The van der Waals surface area contributed by atoms with Gasteiger partial charge in [0.1, 0.15) is 5.75 Å². The molecule has 0 radical (unpaired) electrons. The van der Waals surface area contributed by atoms with Gasteiger partial charge in [0.2, 0.25) is 17.7 Å². The van der Waals surface area contributed by atoms with Gasteiger partial charge in [0, 0.05) is 31.1 Å². The molecule has 3 amide bonds. The Bertz CT molecular complexity index is 1160. The predicted octanol–water partition coefficient (Wildman–Crippen LogP) is 3.94. The Morgan fingerprint density at radius 1 is 1.16 bits per heavy atom. The highest BCUT2D eigenvalue weighted by Crippen LogP contribution is 2.29. The van der Waals surface area contributed by atoms with Crippen LogP contribution in [0.2, 0.25) is 0 Å². The minimum atomic E-state index is -0.137. The van der Waals surface area contributed by atoms with Crippen molar-refractivity contribution in [2.24, 2.45) is 0 Å². The molecule has 0 aliphatic carbocycles. The maximum absolute atomic E-state index is 12.2. The van der Waals surface area contributed by atoms with Crippen molar-refractivity contribution >= 4 is 55.8 Å². The Morgan fingerprint density at radius 2 is 2.03 bits per heavy atom. The zero-order chi connectivity index (χ0) is 21.8. The molecule has 1 aromatic heterocycles. The average molecular weight is 439 g/mol. The Balaban J connectivity index is 1.25. The Morgan fingerprint density at radius 3 is 2.87 bits per heavy atom. The van der Waals surface area contributed by atoms with Crippen molar-refractivity contribution in [3.05, 3.63) is 42.0 Å². The summed E-state index contributed by atoms with van der Waals surface area (Å²) in [5, 5.41) is 8.92. The molecule has 4 rings (SSSR count). The van der Waals surface area contributed by atoms with E-state index in [4.69, 9.17) is 4.74 Å². The summed E-state index contributed by atoms with van der Waals surface area (Å²) < 4.78 is 6.64. The SMILES string of the molecule is CC(=O)Nc1ccc2nc(NC(=O)CCCOc3ccc4c(c3)CCC(=O)N4)sc2c1. The number of aryl methyl sites for hydroxylation is 1. The molecule has 160 valence electrons. The quantitative estimate of drug-likeness (QED) is 0.484. The summed E-state index contributed by atoms with van der Waals surface area (Å²) in [5.74, 6) is 0.504. The highest BCUT2D eigenvalue weighted by Gasteiger charge is 2.15. The standard InChI is InChI=1S/C22H22N4O4S/c1-13(27)23-15-5-7-18-19(12-15)31-22(25-18)26-20(28)3-2-10-30-16-6-8-17-14(11-16)4-9-21(29)24-17/h5-8,11-12H,2-4,9-10H2,1H3,(H,23,27)(H,24,29)(H,25,26,28). The minimum Gasteiger partial charge on any atom is -0.494 e. The van der Waals surface area contributed by atoms with Crippen LogP contribution in [0.5, 0.6) is 5.75 Å². The number of rotatable bonds is 7. The van der Waals surface area contributed by atoms with Gasteiger partial charge in [0.05, 0.1) is 16.8 Å². The molecule has 3 aromatic rings. The number of hydrogen-bond acceptors (Lipinski definition) is 6. The number of fused-ring (bicyclic) bond motifs is 2. The van der Waals surface area contributed by atoms with E-state index in [-0.39, 0.29) is 17.7 Å². The van der Waals surface area contributed by atoms with Gasteiger partial charge in [0.15, 0.2) is 5.13 Å². The van der Waals surface area contributed by atoms with Gasteiger partial charge >= 0.3 is 0 Å². The number of thiazole rings is 1. The molecule has 2 aromatic carbocycles. The van der Waals surface area contributed by atoms with Gasteiger partial charge in [0.25, 0.3) is 0 Å². The van der Waals surface area contributed by atoms with Crippen LogP contribution in [0.25, 0.3) is 10.2 Å². The van der Waals surface area contributed by atoms with E-state index in [1.54, 1.807) is 6.07 Å². The molecule has 2 heterocycles. The smallest absolute Gasteiger partial charge is 0.226 e. The van der Waals surface area contributed by atoms with E-state index in [1.807, 2.05) is 30.3 Å². The normalized spacial score (nSPS) is 12.7. The lowest BCUT2D eigenvalue weighted by molar-refractivity contribution is -0.117. The average Bonchev–Trinajstić information content (AvgIpc) is 3.12. The van der Waals surface area contributed by atoms with Gasteiger partial charge in [-0.2, -0.15) is 0 Å². The second-order valence-corrected chi connectivity index (χ2v) is 8.28. The fourth-order valence-corrected chi connectivity index (χ4v) is 4.23. The van der Waals surface area contributed by atoms with Crippen molar-refractivity contribution in [3.8, 4) is 5.75 Å². The molecule has 1 aliphatic rings. The molecular formula is C22H22N4O4S. The van der Waals surface area contributed by atoms with Crippen molar-refractivity contribution in [2.45, 2.75) is 32.6 Å². The molecule has 9 heteroatoms. The number of anilines is 3. The third-order valence-electron chi connectivity index (χ3n) is 4.74. The number of nitrogens with zero attached hydrogens (tertiary/aromatic N) is 1. The molecule has 0 atom stereocenters. The monoisotopic (exact) mass is 438 g/mol. The Labute approximate surface area is 183 Å². The second kappa shape index (κ2) is 9.13. The summed E-state index contributed by atoms with van der Waals surface area (Å²) in [6, 6.07) is 11.0. The summed E-state index contributed by atoms with van der Waals surface area (Å²) >= 11 is 1.36. The Kier molecular flexibility index (Phi) is 6.13. The number of nitrogens with one attached hydrogen (secondary N) is 3. The fourth-order valence-electron chi connectivity index (χ4n) is 3.31. The van der Waals surface area contributed by atoms with Crippen LogP contribution in [0.3, 0.4) is 0 Å². The lowest BCUT2D eigenvalue weighted by Crippen LogP contribution is -2.18. The molecule has 1 aliphatic heterocycles. The highest BCUT2D eigenvalue weighted by molar-refractivity contribution is 7.22. The van der Waals surface area contributed by atoms with E-state index in [9.17, 15) is 14.4 Å². The topological polar surface area (TPSA) is 109 Å². The molecule has 0 fully saturated rings. The molecule has 0 unspecified atom stereocenters. The third-order valence-corrected chi connectivity index (χ3v) is 5.68. The summed E-state index contributed by atoms with van der Waals surface area (Å²) in [5.41, 5.74) is 3.36. The van der Waals surface area contributed by atoms with Crippen LogP contribution in [0.1, 0.15) is 31.7 Å². The van der Waals surface area contributed by atoms with E-state index in [0.29, 0.717) is 43.1 Å². The van der Waals surface area contributed by atoms with Crippen LogP contribution in [0, 0.1) is 0 Å². The maximum atomic E-state index is 12.2. The van der Waals surface area contributed by atoms with Crippen LogP contribution < -0.4 is 20.7 Å². The second-order valence-electron chi connectivity index (χ2n) is 7.25. The van der Waals surface area contributed by atoms with Crippen molar-refractivity contribution in [1.29, 1.82) is 0 Å². The first-order chi connectivity index (χ1) is 15.0. The summed E-state index contributed by atoms with van der Waals surface area (Å²) in [6.07, 6.45) is 2.07. The van der Waals surface area contributed by atoms with Crippen molar-refractivity contribution in [2.75, 3.05) is 22.6 Å². The molecule has 8 nitrogen and oxygen atoms in total. The van der Waals surface area contributed by atoms with E-state index in [1.165, 1.54) is 18.3 Å². The number of benzene rings is 2. The highest BCUT2D eigenvalue weighted by atomic mass is 32.1. The van der Waals surface area contributed by atoms with Gasteiger partial charge in [-0.1, -0.05) is 11.3 Å². The molecular weight excluding hydrogens is 416 g/mol. The number of amides is 3. The number of hydrogen-bond donors (Lipinski definition) is 3. The predicted molar refractivity (Wildman–Crippen MR) is 121 cm³/mol. The van der Waals surface area contributed by atoms with Crippen molar-refractivity contribution in [1.82, 2.24) is 4.98 Å². The molecule has 0 spiro atoms. The molecule has 3 N–H and O–H groups in total. The first kappa shape index (κ1) is 20.8. The largest absolute Gasteiger partial charge is 0.494 e. The van der Waals surface area contributed by atoms with E-state index >= 15 is 0 Å². The number of aromatic nitrogens is 1. The summed E-state index contributed by atoms with van der Waals surface area (Å²) in [6.45, 7) is 1.87. The number of carbonyl (C=O) groups is 3. The molecule has 0 saturated heterocycles. The lowest BCUT2D eigenvalue weighted by Gasteiger charge is -2.17. The molecule has 0 bridgehead atoms. The van der Waals surface area contributed by atoms with Crippen LogP contribution in [-0.2, 0) is 20.8 Å². The molecule has 31 heavy (non-hydrogen) atoms. The summed E-state index contributed by atoms with van der Waals surface area (Å²) in [7, 11) is 0. The van der Waals surface area contributed by atoms with Crippen LogP contribution in [0.4, 0.5) is 16.5 Å². The Hall–Kier alpha value is -3.46.